The van der Waals surface area contributed by atoms with Gasteiger partial charge >= 0.3 is 0 Å². The third-order valence-electron chi connectivity index (χ3n) is 2.04. The molecule has 0 amide bonds. The van der Waals surface area contributed by atoms with Crippen LogP contribution in [-0.2, 0) is 11.5 Å². The molecule has 0 radical (unpaired) electrons. The van der Waals surface area contributed by atoms with E-state index in [1.807, 2.05) is 30.3 Å². The van der Waals surface area contributed by atoms with Crippen molar-refractivity contribution in [2.75, 3.05) is 0 Å². The van der Waals surface area contributed by atoms with Gasteiger partial charge in [-0.25, -0.2) is 0 Å². The van der Waals surface area contributed by atoms with Crippen LogP contribution >= 0.6 is 23.4 Å². The van der Waals surface area contributed by atoms with E-state index in [9.17, 15) is 0 Å². The van der Waals surface area contributed by atoms with E-state index in [4.69, 9.17) is 16.0 Å². The fraction of sp³-hybridized carbons (Fsp3) is 0.167. The van der Waals surface area contributed by atoms with Crippen LogP contribution in [0.1, 0.15) is 11.3 Å². The van der Waals surface area contributed by atoms with Gasteiger partial charge in [0.15, 0.2) is 0 Å². The van der Waals surface area contributed by atoms with Crippen LogP contribution in [0.2, 0.25) is 5.02 Å². The van der Waals surface area contributed by atoms with Crippen LogP contribution < -0.4 is 0 Å². The highest BCUT2D eigenvalue weighted by Gasteiger charge is 2.00. The highest BCUT2D eigenvalue weighted by atomic mass is 35.5. The fourth-order valence-corrected chi connectivity index (χ4v) is 2.49. The first kappa shape index (κ1) is 10.7. The van der Waals surface area contributed by atoms with Crippen molar-refractivity contribution < 1.29 is 4.42 Å². The molecule has 1 aromatic carbocycles. The summed E-state index contributed by atoms with van der Waals surface area (Å²) in [5.74, 6) is 2.81. The molecular weight excluding hydrogens is 228 g/mol. The van der Waals surface area contributed by atoms with Gasteiger partial charge in [-0.2, -0.15) is 0 Å². The Labute approximate surface area is 98.4 Å². The van der Waals surface area contributed by atoms with E-state index in [0.717, 1.165) is 22.3 Å². The van der Waals surface area contributed by atoms with Crippen molar-refractivity contribution in [2.24, 2.45) is 0 Å². The van der Waals surface area contributed by atoms with E-state index in [0.29, 0.717) is 0 Å². The Bertz CT molecular complexity index is 411. The minimum Gasteiger partial charge on any atom is -0.468 e. The van der Waals surface area contributed by atoms with Gasteiger partial charge in [-0.05, 0) is 23.8 Å². The van der Waals surface area contributed by atoms with Gasteiger partial charge in [0.25, 0.3) is 0 Å². The van der Waals surface area contributed by atoms with Crippen molar-refractivity contribution in [1.82, 2.24) is 0 Å². The van der Waals surface area contributed by atoms with Crippen LogP contribution in [0.25, 0.3) is 0 Å². The number of halogens is 1. The van der Waals surface area contributed by atoms with Gasteiger partial charge in [0, 0.05) is 10.8 Å². The summed E-state index contributed by atoms with van der Waals surface area (Å²) >= 11 is 7.85. The summed E-state index contributed by atoms with van der Waals surface area (Å²) in [5, 5.41) is 0.837. The summed E-state index contributed by atoms with van der Waals surface area (Å²) < 4.78 is 5.25. The van der Waals surface area contributed by atoms with Crippen LogP contribution in [0.4, 0.5) is 0 Å². The van der Waals surface area contributed by atoms with Crippen molar-refractivity contribution in [3.8, 4) is 0 Å². The first-order chi connectivity index (χ1) is 7.36. The molecule has 0 aliphatic heterocycles. The molecule has 0 saturated heterocycles. The van der Waals surface area contributed by atoms with Gasteiger partial charge in [-0.15, -0.1) is 11.8 Å². The summed E-state index contributed by atoms with van der Waals surface area (Å²) in [6.07, 6.45) is 1.70. The molecule has 1 heterocycles. The topological polar surface area (TPSA) is 13.1 Å². The lowest BCUT2D eigenvalue weighted by Gasteiger charge is -2.02. The lowest BCUT2D eigenvalue weighted by molar-refractivity contribution is 0.530. The van der Waals surface area contributed by atoms with E-state index < -0.39 is 0 Å². The third kappa shape index (κ3) is 3.05. The smallest absolute Gasteiger partial charge is 0.113 e. The Balaban J connectivity index is 1.86. The number of hydrogen-bond acceptors (Lipinski definition) is 2. The predicted molar refractivity (Wildman–Crippen MR) is 65.2 cm³/mol. The molecular formula is C12H11ClOS. The summed E-state index contributed by atoms with van der Waals surface area (Å²) in [6.45, 7) is 0. The molecule has 0 spiro atoms. The molecule has 0 aliphatic rings. The summed E-state index contributed by atoms with van der Waals surface area (Å²) in [5.41, 5.74) is 1.18. The maximum absolute atomic E-state index is 6.05. The summed E-state index contributed by atoms with van der Waals surface area (Å²) in [6, 6.07) is 11.8. The molecule has 0 atom stereocenters. The highest BCUT2D eigenvalue weighted by molar-refractivity contribution is 7.97. The van der Waals surface area contributed by atoms with E-state index in [1.54, 1.807) is 18.0 Å². The van der Waals surface area contributed by atoms with Crippen LogP contribution in [0.3, 0.4) is 0 Å². The molecule has 1 nitrogen and oxygen atoms in total. The quantitative estimate of drug-likeness (QED) is 0.785. The Morgan fingerprint density at radius 1 is 1.07 bits per heavy atom. The first-order valence-electron chi connectivity index (χ1n) is 4.70. The van der Waals surface area contributed by atoms with Crippen molar-refractivity contribution in [3.05, 3.63) is 59.0 Å². The average molecular weight is 239 g/mol. The van der Waals surface area contributed by atoms with E-state index in [1.165, 1.54) is 5.56 Å². The minimum absolute atomic E-state index is 0.837. The minimum atomic E-state index is 0.837. The van der Waals surface area contributed by atoms with Crippen LogP contribution in [0.15, 0.2) is 47.1 Å². The van der Waals surface area contributed by atoms with Gasteiger partial charge < -0.3 is 4.42 Å². The maximum Gasteiger partial charge on any atom is 0.113 e. The molecule has 3 heteroatoms. The van der Waals surface area contributed by atoms with Gasteiger partial charge in [0.2, 0.25) is 0 Å². The Kier molecular flexibility index (Phi) is 3.75. The van der Waals surface area contributed by atoms with Gasteiger partial charge in [0.1, 0.15) is 5.76 Å². The molecule has 2 rings (SSSR count). The second-order valence-corrected chi connectivity index (χ2v) is 4.56. The summed E-state index contributed by atoms with van der Waals surface area (Å²) in [4.78, 5) is 0. The van der Waals surface area contributed by atoms with E-state index in [-0.39, 0.29) is 0 Å². The Morgan fingerprint density at radius 2 is 1.93 bits per heavy atom. The van der Waals surface area contributed by atoms with Crippen molar-refractivity contribution in [2.45, 2.75) is 11.5 Å². The van der Waals surface area contributed by atoms with E-state index >= 15 is 0 Å². The van der Waals surface area contributed by atoms with Crippen molar-refractivity contribution in [1.29, 1.82) is 0 Å². The molecule has 0 fully saturated rings. The molecule has 0 aliphatic carbocycles. The average Bonchev–Trinajstić information content (AvgIpc) is 2.74. The van der Waals surface area contributed by atoms with Crippen LogP contribution in [0.5, 0.6) is 0 Å². The summed E-state index contributed by atoms with van der Waals surface area (Å²) in [7, 11) is 0. The van der Waals surface area contributed by atoms with Crippen molar-refractivity contribution in [3.63, 3.8) is 0 Å². The van der Waals surface area contributed by atoms with Crippen LogP contribution in [0, 0.1) is 0 Å². The number of benzene rings is 1. The number of thioether (sulfide) groups is 1. The molecule has 0 bridgehead atoms. The normalized spacial score (nSPS) is 10.5. The molecule has 0 saturated carbocycles. The SMILES string of the molecule is Clc1ccccc1CSCc1ccco1. The molecule has 2 aromatic rings. The van der Waals surface area contributed by atoms with Gasteiger partial charge in [-0.3, -0.25) is 0 Å². The zero-order chi connectivity index (χ0) is 10.5. The van der Waals surface area contributed by atoms with Crippen molar-refractivity contribution >= 4 is 23.4 Å². The van der Waals surface area contributed by atoms with Gasteiger partial charge in [-0.1, -0.05) is 29.8 Å². The standard InChI is InChI=1S/C12H11ClOS/c13-12-6-2-1-4-10(12)8-15-9-11-5-3-7-14-11/h1-7H,8-9H2. The lowest BCUT2D eigenvalue weighted by atomic mass is 10.2. The van der Waals surface area contributed by atoms with Gasteiger partial charge in [0.05, 0.1) is 12.0 Å². The molecule has 0 unspecified atom stereocenters. The Morgan fingerprint density at radius 3 is 2.67 bits per heavy atom. The Hall–Kier alpha value is -0.860. The first-order valence-corrected chi connectivity index (χ1v) is 6.23. The third-order valence-corrected chi connectivity index (χ3v) is 3.41. The number of rotatable bonds is 4. The zero-order valence-electron chi connectivity index (χ0n) is 8.15. The zero-order valence-corrected chi connectivity index (χ0v) is 9.72. The molecule has 1 aromatic heterocycles. The fourth-order valence-electron chi connectivity index (χ4n) is 1.27. The van der Waals surface area contributed by atoms with Crippen LogP contribution in [-0.4, -0.2) is 0 Å². The van der Waals surface area contributed by atoms with E-state index in [2.05, 4.69) is 6.07 Å². The molecule has 78 valence electrons. The second kappa shape index (κ2) is 5.29. The predicted octanol–water partition coefficient (Wildman–Crippen LogP) is 4.37. The lowest BCUT2D eigenvalue weighted by Crippen LogP contribution is -1.82. The molecule has 0 N–H and O–H groups in total. The number of furan rings is 1. The highest BCUT2D eigenvalue weighted by Crippen LogP contribution is 2.23. The molecule has 15 heavy (non-hydrogen) atoms. The second-order valence-electron chi connectivity index (χ2n) is 3.16. The number of hydrogen-bond donors (Lipinski definition) is 0. The maximum atomic E-state index is 6.05. The largest absolute Gasteiger partial charge is 0.468 e. The monoisotopic (exact) mass is 238 g/mol.